The monoisotopic (exact) mass is 214 g/mol. The van der Waals surface area contributed by atoms with Crippen molar-refractivity contribution in [2.75, 3.05) is 13.1 Å². The molecule has 0 bridgehead atoms. The zero-order valence-corrected chi connectivity index (χ0v) is 10.7. The Balaban J connectivity index is 4.43. The van der Waals surface area contributed by atoms with E-state index in [1.54, 1.807) is 14.2 Å². The van der Waals surface area contributed by atoms with Gasteiger partial charge in [0.25, 0.3) is 0 Å². The highest BCUT2D eigenvalue weighted by atomic mass is 16.3. The van der Waals surface area contributed by atoms with Crippen LogP contribution in [-0.2, 0) is 0 Å². The average molecular weight is 214 g/mol. The van der Waals surface area contributed by atoms with Gasteiger partial charge in [0.15, 0.2) is 0 Å². The second kappa shape index (κ2) is 6.51. The first kappa shape index (κ1) is 14.9. The van der Waals surface area contributed by atoms with Gasteiger partial charge in [-0.1, -0.05) is 13.7 Å². The molecule has 3 nitrogen and oxygen atoms in total. The molecular formula is C11H25BNO2. The summed E-state index contributed by atoms with van der Waals surface area (Å²) in [5.41, 5.74) is 0.0149. The fourth-order valence-corrected chi connectivity index (χ4v) is 1.44. The summed E-state index contributed by atoms with van der Waals surface area (Å²) in [6.45, 7) is 11.2. The number of rotatable bonds is 7. The maximum Gasteiger partial charge on any atom is 0.147 e. The maximum atomic E-state index is 9.62. The fourth-order valence-electron chi connectivity index (χ4n) is 1.44. The van der Waals surface area contributed by atoms with Crippen LogP contribution in [0, 0.1) is 0 Å². The smallest absolute Gasteiger partial charge is 0.147 e. The summed E-state index contributed by atoms with van der Waals surface area (Å²) in [4.78, 5) is 2.14. The Morgan fingerprint density at radius 3 is 2.13 bits per heavy atom. The number of hydrogen-bond donors (Lipinski definition) is 2. The van der Waals surface area contributed by atoms with Crippen LogP contribution in [0.4, 0.5) is 0 Å². The minimum atomic E-state index is -0.422. The summed E-state index contributed by atoms with van der Waals surface area (Å²) in [6, 6.07) is -0.422. The van der Waals surface area contributed by atoms with Gasteiger partial charge in [-0.2, -0.15) is 0 Å². The molecule has 0 aromatic heterocycles. The maximum absolute atomic E-state index is 9.62. The summed E-state index contributed by atoms with van der Waals surface area (Å²) in [5, 5.41) is 19.1. The predicted molar refractivity (Wildman–Crippen MR) is 65.2 cm³/mol. The molecule has 0 fully saturated rings. The van der Waals surface area contributed by atoms with Gasteiger partial charge in [-0.3, -0.25) is 4.90 Å². The molecule has 0 heterocycles. The lowest BCUT2D eigenvalue weighted by molar-refractivity contribution is 0.0342. The van der Waals surface area contributed by atoms with Crippen molar-refractivity contribution in [3.63, 3.8) is 0 Å². The average Bonchev–Trinajstić information content (AvgIpc) is 2.15. The first-order valence-corrected chi connectivity index (χ1v) is 5.74. The minimum absolute atomic E-state index is 0.0149. The van der Waals surface area contributed by atoms with Crippen LogP contribution in [0.2, 0.25) is 6.82 Å². The number of β-amino-alcohol motifs (C(OH)–C–C–N with tert-alkyl or cyclic N) is 2. The molecule has 1 radical (unpaired) electrons. The van der Waals surface area contributed by atoms with Gasteiger partial charge in [-0.05, 0) is 27.2 Å². The van der Waals surface area contributed by atoms with Gasteiger partial charge in [0.05, 0.1) is 6.10 Å². The molecule has 0 spiro atoms. The van der Waals surface area contributed by atoms with Crippen LogP contribution in [0.25, 0.3) is 0 Å². The van der Waals surface area contributed by atoms with Crippen LogP contribution in [0.3, 0.4) is 0 Å². The van der Waals surface area contributed by atoms with Crippen molar-refractivity contribution in [1.29, 1.82) is 0 Å². The molecule has 15 heavy (non-hydrogen) atoms. The molecule has 0 rings (SSSR count). The Kier molecular flexibility index (Phi) is 6.49. The largest absolute Gasteiger partial charge is 0.401 e. The number of nitrogens with zero attached hydrogens (tertiary/aromatic N) is 1. The highest BCUT2D eigenvalue weighted by Crippen LogP contribution is 2.19. The van der Waals surface area contributed by atoms with Crippen LogP contribution in [0.5, 0.6) is 0 Å². The van der Waals surface area contributed by atoms with E-state index in [1.165, 1.54) is 0 Å². The van der Waals surface area contributed by atoms with Crippen molar-refractivity contribution in [3.8, 4) is 0 Å². The standard InChI is InChI=1S/C11H25BNO2/c1-6-11(3,4)13(7-9(2)14)8-10(15)12-5/h9-10,14-15H,6-8H2,1-5H3. The molecule has 0 amide bonds. The number of aliphatic hydroxyl groups is 2. The van der Waals surface area contributed by atoms with E-state index in [2.05, 4.69) is 25.7 Å². The normalized spacial score (nSPS) is 16.5. The van der Waals surface area contributed by atoms with Crippen molar-refractivity contribution in [2.45, 2.75) is 58.6 Å². The summed E-state index contributed by atoms with van der Waals surface area (Å²) in [7, 11) is 1.78. The molecule has 0 aliphatic heterocycles. The van der Waals surface area contributed by atoms with Crippen LogP contribution in [0.15, 0.2) is 0 Å². The fraction of sp³-hybridized carbons (Fsp3) is 1.00. The van der Waals surface area contributed by atoms with Crippen LogP contribution in [0.1, 0.15) is 34.1 Å². The van der Waals surface area contributed by atoms with Gasteiger partial charge in [0.1, 0.15) is 7.28 Å². The lowest BCUT2D eigenvalue weighted by Gasteiger charge is -2.40. The molecular weight excluding hydrogens is 189 g/mol. The quantitative estimate of drug-likeness (QED) is 0.619. The van der Waals surface area contributed by atoms with Crippen molar-refractivity contribution in [3.05, 3.63) is 0 Å². The molecule has 0 aliphatic carbocycles. The Hall–Kier alpha value is -0.0551. The van der Waals surface area contributed by atoms with E-state index in [0.717, 1.165) is 6.42 Å². The van der Waals surface area contributed by atoms with E-state index in [1.807, 2.05) is 6.82 Å². The van der Waals surface area contributed by atoms with Gasteiger partial charge in [-0.15, -0.1) is 0 Å². The highest BCUT2D eigenvalue weighted by Gasteiger charge is 2.26. The van der Waals surface area contributed by atoms with Gasteiger partial charge < -0.3 is 10.2 Å². The van der Waals surface area contributed by atoms with Crippen LogP contribution < -0.4 is 0 Å². The molecule has 0 aromatic carbocycles. The van der Waals surface area contributed by atoms with Gasteiger partial charge >= 0.3 is 0 Å². The summed E-state index contributed by atoms with van der Waals surface area (Å²) in [6.07, 6.45) is 0.635. The summed E-state index contributed by atoms with van der Waals surface area (Å²) < 4.78 is 0. The molecule has 2 atom stereocenters. The van der Waals surface area contributed by atoms with Gasteiger partial charge in [0.2, 0.25) is 0 Å². The zero-order valence-electron chi connectivity index (χ0n) is 10.7. The highest BCUT2D eigenvalue weighted by molar-refractivity contribution is 6.35. The second-order valence-electron chi connectivity index (χ2n) is 4.82. The van der Waals surface area contributed by atoms with E-state index in [0.29, 0.717) is 13.1 Å². The Labute approximate surface area is 94.7 Å². The van der Waals surface area contributed by atoms with E-state index in [-0.39, 0.29) is 11.6 Å². The molecule has 89 valence electrons. The van der Waals surface area contributed by atoms with Gasteiger partial charge in [-0.25, -0.2) is 0 Å². The predicted octanol–water partition coefficient (Wildman–Crippen LogP) is 0.928. The molecule has 2 N–H and O–H groups in total. The van der Waals surface area contributed by atoms with Crippen molar-refractivity contribution < 1.29 is 10.2 Å². The van der Waals surface area contributed by atoms with E-state index in [9.17, 15) is 10.2 Å². The van der Waals surface area contributed by atoms with E-state index < -0.39 is 6.00 Å². The van der Waals surface area contributed by atoms with Gasteiger partial charge in [0, 0.05) is 24.6 Å². The van der Waals surface area contributed by atoms with Crippen LogP contribution >= 0.6 is 0 Å². The first-order valence-electron chi connectivity index (χ1n) is 5.74. The Bertz CT molecular complexity index is 174. The third-order valence-corrected chi connectivity index (χ3v) is 3.00. The number of aliphatic hydroxyl groups excluding tert-OH is 2. The van der Waals surface area contributed by atoms with E-state index >= 15 is 0 Å². The lowest BCUT2D eigenvalue weighted by atomic mass is 9.74. The molecule has 0 aromatic rings. The molecule has 0 saturated carbocycles. The SMILES string of the molecule is C[B]C(O)CN(CC(C)O)C(C)(C)CC. The number of hydrogen-bond acceptors (Lipinski definition) is 3. The molecule has 0 saturated heterocycles. The van der Waals surface area contributed by atoms with Crippen molar-refractivity contribution in [2.24, 2.45) is 0 Å². The third kappa shape index (κ3) is 5.54. The first-order chi connectivity index (χ1) is 6.83. The zero-order chi connectivity index (χ0) is 12.1. The van der Waals surface area contributed by atoms with Crippen molar-refractivity contribution >= 4 is 7.28 Å². The van der Waals surface area contributed by atoms with Crippen molar-refractivity contribution in [1.82, 2.24) is 4.90 Å². The summed E-state index contributed by atoms with van der Waals surface area (Å²) >= 11 is 0. The van der Waals surface area contributed by atoms with Crippen LogP contribution in [-0.4, -0.2) is 53.1 Å². The second-order valence-corrected chi connectivity index (χ2v) is 4.82. The molecule has 0 aliphatic rings. The third-order valence-electron chi connectivity index (χ3n) is 3.00. The Morgan fingerprint density at radius 2 is 1.80 bits per heavy atom. The van der Waals surface area contributed by atoms with E-state index in [4.69, 9.17) is 0 Å². The summed E-state index contributed by atoms with van der Waals surface area (Å²) in [5.74, 6) is 0. The molecule has 4 heteroatoms. The minimum Gasteiger partial charge on any atom is -0.401 e. The Morgan fingerprint density at radius 1 is 1.27 bits per heavy atom. The molecule has 2 unspecified atom stereocenters. The topological polar surface area (TPSA) is 43.7 Å². The lowest BCUT2D eigenvalue weighted by Crippen LogP contribution is -2.50.